The molecule has 0 amide bonds. The van der Waals surface area contributed by atoms with Crippen molar-refractivity contribution in [1.82, 2.24) is 4.31 Å². The van der Waals surface area contributed by atoms with Crippen LogP contribution in [0, 0.1) is 11.2 Å². The van der Waals surface area contributed by atoms with Crippen molar-refractivity contribution in [2.45, 2.75) is 31.6 Å². The highest BCUT2D eigenvalue weighted by atomic mass is 79.9. The third kappa shape index (κ3) is 2.99. The van der Waals surface area contributed by atoms with Crippen LogP contribution in [-0.4, -0.2) is 25.8 Å². The largest absolute Gasteiger partial charge is 0.399 e. The van der Waals surface area contributed by atoms with Gasteiger partial charge in [-0.15, -0.1) is 0 Å². The first-order chi connectivity index (χ1) is 9.13. The Kier molecular flexibility index (Phi) is 4.15. The van der Waals surface area contributed by atoms with Crippen LogP contribution in [0.4, 0.5) is 10.1 Å². The zero-order chi connectivity index (χ0) is 15.1. The summed E-state index contributed by atoms with van der Waals surface area (Å²) in [5.74, 6) is -0.788. The highest BCUT2D eigenvalue weighted by molar-refractivity contribution is 9.10. The van der Waals surface area contributed by atoms with Crippen molar-refractivity contribution >= 4 is 31.6 Å². The normalized spacial score (nSPS) is 20.0. The first kappa shape index (κ1) is 15.7. The minimum absolute atomic E-state index is 0.0633. The molecule has 2 N–H and O–H groups in total. The molecule has 0 saturated carbocycles. The Morgan fingerprint density at radius 3 is 2.40 bits per heavy atom. The van der Waals surface area contributed by atoms with Gasteiger partial charge in [0.25, 0.3) is 0 Å². The lowest BCUT2D eigenvalue weighted by Gasteiger charge is -2.36. The molecule has 112 valence electrons. The number of nitrogens with zero attached hydrogens (tertiary/aromatic N) is 1. The molecule has 7 heteroatoms. The van der Waals surface area contributed by atoms with Crippen LogP contribution in [0.1, 0.15) is 26.7 Å². The van der Waals surface area contributed by atoms with E-state index < -0.39 is 15.8 Å². The Bertz CT molecular complexity index is 622. The summed E-state index contributed by atoms with van der Waals surface area (Å²) < 4.78 is 40.5. The van der Waals surface area contributed by atoms with E-state index in [1.807, 2.05) is 0 Å². The number of nitrogen functional groups attached to an aromatic ring is 1. The summed E-state index contributed by atoms with van der Waals surface area (Å²) in [7, 11) is -3.84. The third-order valence-corrected chi connectivity index (χ3v) is 6.19. The minimum atomic E-state index is -3.84. The van der Waals surface area contributed by atoms with Gasteiger partial charge in [-0.25, -0.2) is 12.8 Å². The van der Waals surface area contributed by atoms with E-state index in [0.29, 0.717) is 13.1 Å². The molecule has 0 aliphatic carbocycles. The van der Waals surface area contributed by atoms with Gasteiger partial charge in [0.2, 0.25) is 10.0 Å². The zero-order valence-corrected chi connectivity index (χ0v) is 13.9. The number of benzene rings is 1. The van der Waals surface area contributed by atoms with Crippen molar-refractivity contribution < 1.29 is 12.8 Å². The van der Waals surface area contributed by atoms with E-state index in [0.717, 1.165) is 12.8 Å². The minimum Gasteiger partial charge on any atom is -0.399 e. The molecular weight excluding hydrogens is 347 g/mol. The van der Waals surface area contributed by atoms with Crippen molar-refractivity contribution in [3.05, 3.63) is 22.4 Å². The Morgan fingerprint density at radius 2 is 1.85 bits per heavy atom. The highest BCUT2D eigenvalue weighted by Crippen LogP contribution is 2.34. The second kappa shape index (κ2) is 5.27. The SMILES string of the molecule is CC1(C)CCN(S(=O)(=O)c2cc(N)cc(Br)c2F)CC1. The van der Waals surface area contributed by atoms with Crippen LogP contribution >= 0.6 is 15.9 Å². The molecule has 0 radical (unpaired) electrons. The molecule has 0 atom stereocenters. The fourth-order valence-electron chi connectivity index (χ4n) is 2.24. The molecule has 1 aromatic carbocycles. The van der Waals surface area contributed by atoms with Crippen LogP contribution in [0.2, 0.25) is 0 Å². The Hall–Kier alpha value is -0.660. The first-order valence-corrected chi connectivity index (χ1v) is 8.61. The smallest absolute Gasteiger partial charge is 0.246 e. The highest BCUT2D eigenvalue weighted by Gasteiger charge is 2.34. The van der Waals surface area contributed by atoms with Gasteiger partial charge in [-0.3, -0.25) is 0 Å². The Balaban J connectivity index is 2.37. The van der Waals surface area contributed by atoms with Gasteiger partial charge in [-0.1, -0.05) is 13.8 Å². The first-order valence-electron chi connectivity index (χ1n) is 6.38. The lowest BCUT2D eigenvalue weighted by molar-refractivity contribution is 0.195. The number of sulfonamides is 1. The maximum atomic E-state index is 14.1. The van der Waals surface area contributed by atoms with Crippen molar-refractivity contribution in [3.8, 4) is 0 Å². The van der Waals surface area contributed by atoms with Crippen molar-refractivity contribution in [2.24, 2.45) is 5.41 Å². The molecular formula is C13H18BrFN2O2S. The number of halogens is 2. The van der Waals surface area contributed by atoms with Gasteiger partial charge < -0.3 is 5.73 Å². The number of rotatable bonds is 2. The molecule has 1 aromatic rings. The predicted molar refractivity (Wildman–Crippen MR) is 80.3 cm³/mol. The summed E-state index contributed by atoms with van der Waals surface area (Å²) in [6.45, 7) is 5.02. The molecule has 0 unspecified atom stereocenters. The summed E-state index contributed by atoms with van der Waals surface area (Å²) in [4.78, 5) is -0.357. The topological polar surface area (TPSA) is 63.4 Å². The second-order valence-electron chi connectivity index (χ2n) is 5.88. The van der Waals surface area contributed by atoms with Gasteiger partial charge in [0.1, 0.15) is 4.90 Å². The molecule has 2 rings (SSSR count). The van der Waals surface area contributed by atoms with Crippen molar-refractivity contribution in [3.63, 3.8) is 0 Å². The van der Waals surface area contributed by atoms with E-state index in [1.165, 1.54) is 16.4 Å². The van der Waals surface area contributed by atoms with E-state index in [2.05, 4.69) is 29.8 Å². The number of piperidine rings is 1. The molecule has 1 heterocycles. The van der Waals surface area contributed by atoms with E-state index in [9.17, 15) is 12.8 Å². The van der Waals surface area contributed by atoms with Crippen molar-refractivity contribution in [2.75, 3.05) is 18.8 Å². The molecule has 4 nitrogen and oxygen atoms in total. The summed E-state index contributed by atoms with van der Waals surface area (Å²) in [5.41, 5.74) is 5.96. The lowest BCUT2D eigenvalue weighted by atomic mass is 9.83. The number of hydrogen-bond donors (Lipinski definition) is 1. The average molecular weight is 365 g/mol. The van der Waals surface area contributed by atoms with Gasteiger partial charge in [-0.05, 0) is 46.3 Å². The molecule has 0 aromatic heterocycles. The lowest BCUT2D eigenvalue weighted by Crippen LogP contribution is -2.41. The molecule has 1 fully saturated rings. The Labute approximate surface area is 127 Å². The van der Waals surface area contributed by atoms with Gasteiger partial charge in [0, 0.05) is 18.8 Å². The van der Waals surface area contributed by atoms with Crippen LogP contribution in [0.3, 0.4) is 0 Å². The zero-order valence-electron chi connectivity index (χ0n) is 11.5. The van der Waals surface area contributed by atoms with E-state index in [-0.39, 0.29) is 20.5 Å². The number of anilines is 1. The summed E-state index contributed by atoms with van der Waals surface area (Å²) in [6, 6.07) is 2.53. The quantitative estimate of drug-likeness (QED) is 0.820. The number of hydrogen-bond acceptors (Lipinski definition) is 3. The average Bonchev–Trinajstić information content (AvgIpc) is 2.33. The molecule has 1 aliphatic rings. The maximum Gasteiger partial charge on any atom is 0.246 e. The Morgan fingerprint density at radius 1 is 1.30 bits per heavy atom. The van der Waals surface area contributed by atoms with Crippen molar-refractivity contribution in [1.29, 1.82) is 0 Å². The van der Waals surface area contributed by atoms with Gasteiger partial charge in [0.05, 0.1) is 4.47 Å². The molecule has 1 aliphatic heterocycles. The van der Waals surface area contributed by atoms with E-state index in [4.69, 9.17) is 5.73 Å². The summed E-state index contributed by atoms with van der Waals surface area (Å²) in [5, 5.41) is 0. The monoisotopic (exact) mass is 364 g/mol. The molecule has 20 heavy (non-hydrogen) atoms. The second-order valence-corrected chi connectivity index (χ2v) is 8.64. The number of nitrogens with two attached hydrogens (primary N) is 1. The third-order valence-electron chi connectivity index (χ3n) is 3.71. The fourth-order valence-corrected chi connectivity index (χ4v) is 4.41. The van der Waals surface area contributed by atoms with Crippen LogP contribution in [0.25, 0.3) is 0 Å². The molecule has 1 saturated heterocycles. The summed E-state index contributed by atoms with van der Waals surface area (Å²) in [6.07, 6.45) is 1.52. The maximum absolute atomic E-state index is 14.1. The van der Waals surface area contributed by atoms with E-state index in [1.54, 1.807) is 0 Å². The van der Waals surface area contributed by atoms with Gasteiger partial charge in [-0.2, -0.15) is 4.31 Å². The van der Waals surface area contributed by atoms with Crippen LogP contribution in [-0.2, 0) is 10.0 Å². The summed E-state index contributed by atoms with van der Waals surface area (Å²) >= 11 is 2.99. The predicted octanol–water partition coefficient (Wildman–Crippen LogP) is 2.98. The van der Waals surface area contributed by atoms with Gasteiger partial charge >= 0.3 is 0 Å². The van der Waals surface area contributed by atoms with Crippen LogP contribution in [0.15, 0.2) is 21.5 Å². The standard InChI is InChI=1S/C13H18BrFN2O2S/c1-13(2)3-5-17(6-4-13)20(18,19)11-8-9(16)7-10(14)12(11)15/h7-8H,3-6,16H2,1-2H3. The van der Waals surface area contributed by atoms with Crippen LogP contribution in [0.5, 0.6) is 0 Å². The van der Waals surface area contributed by atoms with Gasteiger partial charge in [0.15, 0.2) is 5.82 Å². The van der Waals surface area contributed by atoms with Crippen LogP contribution < -0.4 is 5.73 Å². The van der Waals surface area contributed by atoms with E-state index >= 15 is 0 Å². The fraction of sp³-hybridized carbons (Fsp3) is 0.538. The molecule has 0 bridgehead atoms. The molecule has 0 spiro atoms.